The Balaban J connectivity index is 1.77. The maximum absolute atomic E-state index is 12.1. The topological polar surface area (TPSA) is 44.4 Å². The highest BCUT2D eigenvalue weighted by Crippen LogP contribution is 2.35. The molecule has 0 radical (unpaired) electrons. The number of nitrogens with one attached hydrogen (secondary N) is 2. The Morgan fingerprint density at radius 3 is 2.56 bits per heavy atom. The maximum Gasteiger partial charge on any atom is 0.224 e. The number of carbonyl (C=O) groups excluding carboxylic acids is 1. The van der Waals surface area contributed by atoms with Gasteiger partial charge in [-0.05, 0) is 53.1 Å². The molecule has 0 spiro atoms. The van der Waals surface area contributed by atoms with Gasteiger partial charge < -0.3 is 15.5 Å². The molecule has 4 nitrogen and oxygen atoms in total. The maximum atomic E-state index is 12.1. The van der Waals surface area contributed by atoms with Gasteiger partial charge in [-0.2, -0.15) is 0 Å². The van der Waals surface area contributed by atoms with Gasteiger partial charge in [-0.25, -0.2) is 0 Å². The van der Waals surface area contributed by atoms with Crippen LogP contribution in [-0.2, 0) is 4.79 Å². The number of amides is 1. The quantitative estimate of drug-likeness (QED) is 0.785. The Labute approximate surface area is 110 Å². The van der Waals surface area contributed by atoms with Crippen LogP contribution in [0.5, 0.6) is 0 Å². The zero-order valence-electron chi connectivity index (χ0n) is 12.0. The molecule has 2 unspecified atom stereocenters. The van der Waals surface area contributed by atoms with Crippen LogP contribution in [0.15, 0.2) is 0 Å². The molecule has 2 fully saturated rings. The number of carbonyl (C=O) groups is 1. The standard InChI is InChI=1S/C14H27N3O/c1-11-5-6-12(9-15-11)13(18)16-10-14(17(2)3)7-4-8-14/h11-12,15H,4-10H2,1-3H3,(H,16,18). The van der Waals surface area contributed by atoms with E-state index in [4.69, 9.17) is 0 Å². The summed E-state index contributed by atoms with van der Waals surface area (Å²) in [5.41, 5.74) is 0.227. The lowest BCUT2D eigenvalue weighted by molar-refractivity contribution is -0.126. The third kappa shape index (κ3) is 2.86. The summed E-state index contributed by atoms with van der Waals surface area (Å²) in [7, 11) is 4.24. The summed E-state index contributed by atoms with van der Waals surface area (Å²) < 4.78 is 0. The molecular weight excluding hydrogens is 226 g/mol. The van der Waals surface area contributed by atoms with E-state index >= 15 is 0 Å². The minimum absolute atomic E-state index is 0.167. The molecule has 1 heterocycles. The van der Waals surface area contributed by atoms with Gasteiger partial charge in [0.05, 0.1) is 5.92 Å². The molecule has 2 N–H and O–H groups in total. The fraction of sp³-hybridized carbons (Fsp3) is 0.929. The Bertz CT molecular complexity index is 291. The van der Waals surface area contributed by atoms with Crippen molar-refractivity contribution in [1.29, 1.82) is 0 Å². The van der Waals surface area contributed by atoms with Crippen molar-refractivity contribution in [2.45, 2.75) is 50.6 Å². The molecule has 1 aliphatic heterocycles. The van der Waals surface area contributed by atoms with Crippen LogP contribution < -0.4 is 10.6 Å². The molecule has 0 aromatic rings. The smallest absolute Gasteiger partial charge is 0.224 e. The molecule has 0 aromatic heterocycles. The normalized spacial score (nSPS) is 30.9. The Morgan fingerprint density at radius 2 is 2.11 bits per heavy atom. The molecule has 4 heteroatoms. The van der Waals surface area contributed by atoms with E-state index < -0.39 is 0 Å². The number of nitrogens with zero attached hydrogens (tertiary/aromatic N) is 1. The first-order valence-corrected chi connectivity index (χ1v) is 7.22. The van der Waals surface area contributed by atoms with Crippen molar-refractivity contribution in [3.63, 3.8) is 0 Å². The molecule has 104 valence electrons. The Kier molecular flexibility index (Phi) is 4.28. The SMILES string of the molecule is CC1CCC(C(=O)NCC2(N(C)C)CCC2)CN1. The predicted molar refractivity (Wildman–Crippen MR) is 73.5 cm³/mol. The molecule has 0 bridgehead atoms. The van der Waals surface area contributed by atoms with Crippen molar-refractivity contribution in [1.82, 2.24) is 15.5 Å². The second kappa shape index (κ2) is 5.57. The first-order valence-electron chi connectivity index (χ1n) is 7.22. The first-order chi connectivity index (χ1) is 8.53. The van der Waals surface area contributed by atoms with E-state index in [9.17, 15) is 4.79 Å². The summed E-state index contributed by atoms with van der Waals surface area (Å²) in [6.45, 7) is 3.83. The molecule has 18 heavy (non-hydrogen) atoms. The highest BCUT2D eigenvalue weighted by molar-refractivity contribution is 5.79. The second-order valence-corrected chi connectivity index (χ2v) is 6.27. The lowest BCUT2D eigenvalue weighted by atomic mass is 9.75. The van der Waals surface area contributed by atoms with Crippen molar-refractivity contribution >= 4 is 5.91 Å². The van der Waals surface area contributed by atoms with Crippen LogP contribution in [0.1, 0.15) is 39.0 Å². The van der Waals surface area contributed by atoms with Crippen LogP contribution in [-0.4, -0.2) is 49.6 Å². The molecule has 2 atom stereocenters. The van der Waals surface area contributed by atoms with Crippen LogP contribution in [0.2, 0.25) is 0 Å². The molecule has 2 aliphatic rings. The Hall–Kier alpha value is -0.610. The number of piperidine rings is 1. The van der Waals surface area contributed by atoms with Gasteiger partial charge in [0.15, 0.2) is 0 Å². The average molecular weight is 253 g/mol. The van der Waals surface area contributed by atoms with Gasteiger partial charge in [-0.3, -0.25) is 4.79 Å². The lowest BCUT2D eigenvalue weighted by Gasteiger charge is -2.47. The largest absolute Gasteiger partial charge is 0.354 e. The van der Waals surface area contributed by atoms with Gasteiger partial charge in [0.25, 0.3) is 0 Å². The lowest BCUT2D eigenvalue weighted by Crippen LogP contribution is -2.58. The fourth-order valence-corrected chi connectivity index (χ4v) is 2.99. The monoisotopic (exact) mass is 253 g/mol. The first kappa shape index (κ1) is 13.8. The molecule has 1 saturated heterocycles. The summed E-state index contributed by atoms with van der Waals surface area (Å²) in [6.07, 6.45) is 5.84. The zero-order valence-corrected chi connectivity index (χ0v) is 12.0. The van der Waals surface area contributed by atoms with E-state index in [0.717, 1.165) is 25.9 Å². The Morgan fingerprint density at radius 1 is 1.39 bits per heavy atom. The third-order valence-electron chi connectivity index (χ3n) is 4.86. The van der Waals surface area contributed by atoms with E-state index in [0.29, 0.717) is 6.04 Å². The summed E-state index contributed by atoms with van der Waals surface area (Å²) in [6, 6.07) is 0.564. The minimum Gasteiger partial charge on any atom is -0.354 e. The second-order valence-electron chi connectivity index (χ2n) is 6.27. The molecule has 2 rings (SSSR count). The third-order valence-corrected chi connectivity index (χ3v) is 4.86. The summed E-state index contributed by atoms with van der Waals surface area (Å²) in [5.74, 6) is 0.406. The summed E-state index contributed by atoms with van der Waals surface area (Å²) >= 11 is 0. The van der Waals surface area contributed by atoms with Gasteiger partial charge in [-0.15, -0.1) is 0 Å². The van der Waals surface area contributed by atoms with Gasteiger partial charge in [-0.1, -0.05) is 0 Å². The van der Waals surface area contributed by atoms with Crippen molar-refractivity contribution in [2.24, 2.45) is 5.92 Å². The number of hydrogen-bond acceptors (Lipinski definition) is 3. The molecule has 0 aromatic carbocycles. The molecule has 1 aliphatic carbocycles. The number of hydrogen-bond donors (Lipinski definition) is 2. The van der Waals surface area contributed by atoms with Crippen LogP contribution >= 0.6 is 0 Å². The number of likely N-dealkylation sites (N-methyl/N-ethyl adjacent to an activating group) is 1. The highest BCUT2D eigenvalue weighted by atomic mass is 16.1. The van der Waals surface area contributed by atoms with E-state index in [1.165, 1.54) is 19.3 Å². The van der Waals surface area contributed by atoms with Crippen molar-refractivity contribution in [2.75, 3.05) is 27.2 Å². The van der Waals surface area contributed by atoms with Gasteiger partial charge in [0.2, 0.25) is 5.91 Å². The van der Waals surface area contributed by atoms with Crippen LogP contribution in [0.3, 0.4) is 0 Å². The van der Waals surface area contributed by atoms with Gasteiger partial charge >= 0.3 is 0 Å². The minimum atomic E-state index is 0.167. The predicted octanol–water partition coefficient (Wildman–Crippen LogP) is 0.975. The van der Waals surface area contributed by atoms with Crippen LogP contribution in [0, 0.1) is 5.92 Å². The molecular formula is C14H27N3O. The summed E-state index contributed by atoms with van der Waals surface area (Å²) in [4.78, 5) is 14.4. The van der Waals surface area contributed by atoms with Gasteiger partial charge in [0.1, 0.15) is 0 Å². The van der Waals surface area contributed by atoms with Gasteiger partial charge in [0, 0.05) is 24.7 Å². The van der Waals surface area contributed by atoms with E-state index in [2.05, 4.69) is 36.6 Å². The number of rotatable bonds is 4. The van der Waals surface area contributed by atoms with E-state index in [1.807, 2.05) is 0 Å². The zero-order chi connectivity index (χ0) is 13.2. The average Bonchev–Trinajstić information content (AvgIpc) is 2.27. The summed E-state index contributed by atoms with van der Waals surface area (Å²) in [5, 5.41) is 6.56. The van der Waals surface area contributed by atoms with E-state index in [-0.39, 0.29) is 17.4 Å². The van der Waals surface area contributed by atoms with Crippen molar-refractivity contribution in [3.05, 3.63) is 0 Å². The van der Waals surface area contributed by atoms with Crippen molar-refractivity contribution in [3.8, 4) is 0 Å². The fourth-order valence-electron chi connectivity index (χ4n) is 2.99. The molecule has 1 amide bonds. The van der Waals surface area contributed by atoms with Crippen LogP contribution in [0.25, 0.3) is 0 Å². The highest BCUT2D eigenvalue weighted by Gasteiger charge is 2.39. The van der Waals surface area contributed by atoms with E-state index in [1.54, 1.807) is 0 Å². The molecule has 1 saturated carbocycles. The van der Waals surface area contributed by atoms with Crippen molar-refractivity contribution < 1.29 is 4.79 Å². The van der Waals surface area contributed by atoms with Crippen LogP contribution in [0.4, 0.5) is 0 Å².